The summed E-state index contributed by atoms with van der Waals surface area (Å²) in [7, 11) is 0. The zero-order valence-electron chi connectivity index (χ0n) is 13.8. The van der Waals surface area contributed by atoms with E-state index in [2.05, 4.69) is 0 Å². The number of aliphatic carboxylic acids is 1. The Morgan fingerprint density at radius 3 is 2.80 bits per heavy atom. The van der Waals surface area contributed by atoms with Gasteiger partial charge >= 0.3 is 12.1 Å². The number of amides is 1. The molecule has 0 unspecified atom stereocenters. The van der Waals surface area contributed by atoms with Crippen LogP contribution < -0.4 is 4.90 Å². The lowest BCUT2D eigenvalue weighted by molar-refractivity contribution is -0.384. The van der Waals surface area contributed by atoms with Crippen LogP contribution in [0.3, 0.4) is 0 Å². The molecule has 1 aromatic carbocycles. The van der Waals surface area contributed by atoms with Crippen LogP contribution in [0.25, 0.3) is 0 Å². The van der Waals surface area contributed by atoms with E-state index in [0.717, 1.165) is 5.69 Å². The molecule has 0 bridgehead atoms. The molecule has 9 nitrogen and oxygen atoms in total. The minimum atomic E-state index is -0.974. The molecule has 2 aliphatic heterocycles. The standard InChI is InChI=1S/C16H19N3O6/c1-2-25-16(22)17-5-6-18-13-4-3-11(19(23)24)7-10(13)8-12(15(20)21)14(18)9-17/h3-4,7,12,14H,2,5-6,8-9H2,1H3,(H,20,21)/t12-,14+/m0/s1. The quantitative estimate of drug-likeness (QED) is 0.650. The van der Waals surface area contributed by atoms with Gasteiger partial charge in [-0.3, -0.25) is 14.9 Å². The molecule has 2 aliphatic rings. The Morgan fingerprint density at radius 2 is 2.16 bits per heavy atom. The van der Waals surface area contributed by atoms with Crippen LogP contribution >= 0.6 is 0 Å². The van der Waals surface area contributed by atoms with Crippen LogP contribution in [0.5, 0.6) is 0 Å². The van der Waals surface area contributed by atoms with Crippen LogP contribution in [-0.2, 0) is 16.0 Å². The first kappa shape index (κ1) is 17.0. The lowest BCUT2D eigenvalue weighted by Crippen LogP contribution is -2.61. The van der Waals surface area contributed by atoms with E-state index in [0.29, 0.717) is 18.7 Å². The number of hydrogen-bond acceptors (Lipinski definition) is 6. The molecule has 2 heterocycles. The van der Waals surface area contributed by atoms with Gasteiger partial charge in [0.05, 0.1) is 23.5 Å². The van der Waals surface area contributed by atoms with Crippen molar-refractivity contribution in [3.05, 3.63) is 33.9 Å². The predicted molar refractivity (Wildman–Crippen MR) is 87.7 cm³/mol. The van der Waals surface area contributed by atoms with Gasteiger partial charge in [0.15, 0.2) is 0 Å². The molecule has 134 valence electrons. The molecule has 3 rings (SSSR count). The number of fused-ring (bicyclic) bond motifs is 3. The number of benzene rings is 1. The lowest BCUT2D eigenvalue weighted by Gasteiger charge is -2.47. The fourth-order valence-electron chi connectivity index (χ4n) is 3.59. The number of carboxylic acid groups (broad SMARTS) is 1. The molecular weight excluding hydrogens is 330 g/mol. The Morgan fingerprint density at radius 1 is 1.40 bits per heavy atom. The highest BCUT2D eigenvalue weighted by atomic mass is 16.6. The van der Waals surface area contributed by atoms with Gasteiger partial charge in [-0.1, -0.05) is 0 Å². The van der Waals surface area contributed by atoms with Crippen molar-refractivity contribution >= 4 is 23.4 Å². The fraction of sp³-hybridized carbons (Fsp3) is 0.500. The number of anilines is 1. The summed E-state index contributed by atoms with van der Waals surface area (Å²) in [5.41, 5.74) is 1.41. The van der Waals surface area contributed by atoms with E-state index in [1.54, 1.807) is 13.0 Å². The van der Waals surface area contributed by atoms with Crippen molar-refractivity contribution in [2.45, 2.75) is 19.4 Å². The van der Waals surface area contributed by atoms with Crippen LogP contribution in [0.15, 0.2) is 18.2 Å². The Bertz CT molecular complexity index is 722. The van der Waals surface area contributed by atoms with Crippen LogP contribution in [0.2, 0.25) is 0 Å². The molecular formula is C16H19N3O6. The summed E-state index contributed by atoms with van der Waals surface area (Å²) in [6, 6.07) is 4.15. The monoisotopic (exact) mass is 349 g/mol. The maximum atomic E-state index is 12.0. The number of carboxylic acids is 1. The molecule has 2 atom stereocenters. The summed E-state index contributed by atoms with van der Waals surface area (Å²) in [5, 5.41) is 20.6. The van der Waals surface area contributed by atoms with E-state index >= 15 is 0 Å². The van der Waals surface area contributed by atoms with Crippen LogP contribution in [0, 0.1) is 16.0 Å². The van der Waals surface area contributed by atoms with Gasteiger partial charge in [-0.15, -0.1) is 0 Å². The minimum absolute atomic E-state index is 0.0495. The van der Waals surface area contributed by atoms with Gasteiger partial charge in [0.2, 0.25) is 0 Å². The van der Waals surface area contributed by atoms with E-state index in [-0.39, 0.29) is 31.3 Å². The molecule has 0 aromatic heterocycles. The number of non-ortho nitro benzene ring substituents is 1. The van der Waals surface area contributed by atoms with E-state index in [4.69, 9.17) is 4.74 Å². The number of ether oxygens (including phenoxy) is 1. The van der Waals surface area contributed by atoms with Crippen molar-refractivity contribution in [1.29, 1.82) is 0 Å². The first-order valence-electron chi connectivity index (χ1n) is 8.10. The summed E-state index contributed by atoms with van der Waals surface area (Å²) in [5.74, 6) is -1.72. The molecule has 1 amide bonds. The van der Waals surface area contributed by atoms with Gasteiger partial charge in [0.25, 0.3) is 5.69 Å². The van der Waals surface area contributed by atoms with Crippen LogP contribution in [0.1, 0.15) is 12.5 Å². The zero-order valence-corrected chi connectivity index (χ0v) is 13.8. The highest BCUT2D eigenvalue weighted by Gasteiger charge is 2.43. The number of hydrogen-bond donors (Lipinski definition) is 1. The Labute approximate surface area is 143 Å². The van der Waals surface area contributed by atoms with E-state index in [1.807, 2.05) is 4.90 Å². The summed E-state index contributed by atoms with van der Waals surface area (Å²) in [6.07, 6.45) is -0.245. The summed E-state index contributed by atoms with van der Waals surface area (Å²) in [4.78, 5) is 37.7. The second-order valence-corrected chi connectivity index (χ2v) is 6.12. The number of piperazine rings is 1. The van der Waals surface area contributed by atoms with E-state index in [1.165, 1.54) is 17.0 Å². The SMILES string of the molecule is CCOC(=O)N1CCN2c3ccc([N+](=O)[O-])cc3C[C@H](C(=O)O)[C@H]2C1. The third-order valence-electron chi connectivity index (χ3n) is 4.75. The number of nitro groups is 1. The van der Waals surface area contributed by atoms with Gasteiger partial charge in [0.1, 0.15) is 0 Å². The molecule has 1 fully saturated rings. The van der Waals surface area contributed by atoms with Crippen molar-refractivity contribution in [2.24, 2.45) is 5.92 Å². The summed E-state index contributed by atoms with van der Waals surface area (Å²) < 4.78 is 5.01. The molecule has 1 saturated heterocycles. The smallest absolute Gasteiger partial charge is 0.409 e. The highest BCUT2D eigenvalue weighted by molar-refractivity contribution is 5.76. The van der Waals surface area contributed by atoms with Crippen LogP contribution in [0.4, 0.5) is 16.2 Å². The zero-order chi connectivity index (χ0) is 18.1. The molecule has 0 radical (unpaired) electrons. The molecule has 1 N–H and O–H groups in total. The third-order valence-corrected chi connectivity index (χ3v) is 4.75. The Kier molecular flexibility index (Phi) is 4.47. The lowest BCUT2D eigenvalue weighted by atomic mass is 9.84. The van der Waals surface area contributed by atoms with Crippen molar-refractivity contribution < 1.29 is 24.4 Å². The number of rotatable bonds is 3. The van der Waals surface area contributed by atoms with Gasteiger partial charge in [-0.05, 0) is 25.0 Å². The third kappa shape index (κ3) is 3.09. The molecule has 25 heavy (non-hydrogen) atoms. The van der Waals surface area contributed by atoms with Gasteiger partial charge in [-0.2, -0.15) is 0 Å². The van der Waals surface area contributed by atoms with Crippen LogP contribution in [-0.4, -0.2) is 59.3 Å². The maximum absolute atomic E-state index is 12.0. The van der Waals surface area contributed by atoms with E-state index < -0.39 is 22.9 Å². The van der Waals surface area contributed by atoms with Crippen molar-refractivity contribution in [2.75, 3.05) is 31.1 Å². The fourth-order valence-corrected chi connectivity index (χ4v) is 3.59. The maximum Gasteiger partial charge on any atom is 0.409 e. The van der Waals surface area contributed by atoms with Crippen molar-refractivity contribution in [1.82, 2.24) is 4.90 Å². The average molecular weight is 349 g/mol. The number of nitrogens with zero attached hydrogens (tertiary/aromatic N) is 3. The summed E-state index contributed by atoms with van der Waals surface area (Å²) >= 11 is 0. The first-order chi connectivity index (χ1) is 11.9. The van der Waals surface area contributed by atoms with Gasteiger partial charge in [-0.25, -0.2) is 4.79 Å². The van der Waals surface area contributed by atoms with Gasteiger partial charge in [0, 0.05) is 37.5 Å². The summed E-state index contributed by atoms with van der Waals surface area (Å²) in [6.45, 7) is 3.11. The predicted octanol–water partition coefficient (Wildman–Crippen LogP) is 1.50. The normalized spacial score (nSPS) is 22.0. The Balaban J connectivity index is 1.92. The molecule has 0 saturated carbocycles. The number of nitro benzene ring substituents is 1. The molecule has 0 spiro atoms. The number of carbonyl (C=O) groups excluding carboxylic acids is 1. The topological polar surface area (TPSA) is 113 Å². The Hall–Kier alpha value is -2.84. The first-order valence-corrected chi connectivity index (χ1v) is 8.10. The largest absolute Gasteiger partial charge is 0.481 e. The minimum Gasteiger partial charge on any atom is -0.481 e. The average Bonchev–Trinajstić information content (AvgIpc) is 2.59. The van der Waals surface area contributed by atoms with Crippen molar-refractivity contribution in [3.8, 4) is 0 Å². The molecule has 1 aromatic rings. The molecule has 9 heteroatoms. The molecule has 0 aliphatic carbocycles. The van der Waals surface area contributed by atoms with E-state index in [9.17, 15) is 24.8 Å². The van der Waals surface area contributed by atoms with Crippen molar-refractivity contribution in [3.63, 3.8) is 0 Å². The number of carbonyl (C=O) groups is 2. The second kappa shape index (κ2) is 6.58. The van der Waals surface area contributed by atoms with Gasteiger partial charge < -0.3 is 19.6 Å². The highest BCUT2D eigenvalue weighted by Crippen LogP contribution is 2.37. The second-order valence-electron chi connectivity index (χ2n) is 6.12.